The molecule has 2 rings (SSSR count). The average Bonchev–Trinajstić information content (AvgIpc) is 2.58. The van der Waals surface area contributed by atoms with Crippen molar-refractivity contribution in [3.63, 3.8) is 0 Å². The second kappa shape index (κ2) is 10.7. The Kier molecular flexibility index (Phi) is 8.66. The zero-order valence-electron chi connectivity index (χ0n) is 16.9. The summed E-state index contributed by atoms with van der Waals surface area (Å²) in [6.45, 7) is 11.6. The molecule has 0 amide bonds. The van der Waals surface area contributed by atoms with E-state index in [0.29, 0.717) is 0 Å². The maximum Gasteiger partial charge on any atom is 0.135 e. The molecular weight excluding hydrogens is 308 g/mol. The number of unbranched alkanes of at least 4 members (excludes halogenated alkanes) is 1. The summed E-state index contributed by atoms with van der Waals surface area (Å²) in [5.41, 5.74) is 1.27. The van der Waals surface area contributed by atoms with Gasteiger partial charge in [0.15, 0.2) is 0 Å². The molecule has 4 heteroatoms. The van der Waals surface area contributed by atoms with E-state index in [2.05, 4.69) is 47.6 Å². The fraction of sp³-hybridized carbons (Fsp3) is 0.810. The highest BCUT2D eigenvalue weighted by atomic mass is 15.2. The van der Waals surface area contributed by atoms with Gasteiger partial charge in [0.25, 0.3) is 0 Å². The minimum absolute atomic E-state index is 0.822. The van der Waals surface area contributed by atoms with Gasteiger partial charge in [0.05, 0.1) is 0 Å². The fourth-order valence-corrected chi connectivity index (χ4v) is 3.97. The molecule has 4 nitrogen and oxygen atoms in total. The number of hydrogen-bond donors (Lipinski definition) is 0. The molecule has 142 valence electrons. The monoisotopic (exact) mass is 346 g/mol. The van der Waals surface area contributed by atoms with Crippen LogP contribution in [0.3, 0.4) is 0 Å². The van der Waals surface area contributed by atoms with Gasteiger partial charge in [-0.15, -0.1) is 0 Å². The van der Waals surface area contributed by atoms with Gasteiger partial charge in [0, 0.05) is 31.4 Å². The molecule has 1 saturated heterocycles. The zero-order valence-corrected chi connectivity index (χ0v) is 16.9. The lowest BCUT2D eigenvalue weighted by atomic mass is 9.94. The molecule has 25 heavy (non-hydrogen) atoms. The van der Waals surface area contributed by atoms with E-state index in [0.717, 1.165) is 37.2 Å². The van der Waals surface area contributed by atoms with E-state index >= 15 is 0 Å². The quantitative estimate of drug-likeness (QED) is 0.561. The summed E-state index contributed by atoms with van der Waals surface area (Å²) in [5, 5.41) is 0. The number of aryl methyl sites for hydroxylation is 1. The second-order valence-corrected chi connectivity index (χ2v) is 7.84. The van der Waals surface area contributed by atoms with Crippen LogP contribution in [0, 0.1) is 11.8 Å². The van der Waals surface area contributed by atoms with Crippen LogP contribution in [0.25, 0.3) is 0 Å². The minimum Gasteiger partial charge on any atom is -0.356 e. The van der Waals surface area contributed by atoms with Crippen LogP contribution in [0.1, 0.15) is 64.9 Å². The summed E-state index contributed by atoms with van der Waals surface area (Å²) >= 11 is 0. The van der Waals surface area contributed by atoms with E-state index in [9.17, 15) is 0 Å². The summed E-state index contributed by atoms with van der Waals surface area (Å²) in [4.78, 5) is 13.6. The minimum atomic E-state index is 0.822. The standard InChI is InChI=1S/C21H38N4/c1-5-8-10-18(9-6-2)14-24(4)12-11-19-15-25(16-19)21-20(7-3)13-22-17-23-21/h13,17-19H,5-12,14-16H2,1-4H3. The molecule has 0 aromatic carbocycles. The Morgan fingerprint density at radius 3 is 2.68 bits per heavy atom. The average molecular weight is 347 g/mol. The molecule has 1 atom stereocenters. The Labute approximate surface area is 155 Å². The van der Waals surface area contributed by atoms with Gasteiger partial charge in [0.2, 0.25) is 0 Å². The molecule has 0 aliphatic carbocycles. The second-order valence-electron chi connectivity index (χ2n) is 7.84. The van der Waals surface area contributed by atoms with Crippen molar-refractivity contribution in [1.29, 1.82) is 0 Å². The molecule has 1 fully saturated rings. The van der Waals surface area contributed by atoms with Gasteiger partial charge in [-0.1, -0.05) is 40.0 Å². The first-order valence-electron chi connectivity index (χ1n) is 10.4. The zero-order chi connectivity index (χ0) is 18.1. The van der Waals surface area contributed by atoms with Crippen LogP contribution < -0.4 is 4.90 Å². The first-order chi connectivity index (χ1) is 12.2. The highest BCUT2D eigenvalue weighted by Crippen LogP contribution is 2.27. The summed E-state index contributed by atoms with van der Waals surface area (Å²) in [6, 6.07) is 0. The highest BCUT2D eigenvalue weighted by Gasteiger charge is 2.29. The lowest BCUT2D eigenvalue weighted by Gasteiger charge is -2.41. The van der Waals surface area contributed by atoms with Gasteiger partial charge < -0.3 is 9.80 Å². The highest BCUT2D eigenvalue weighted by molar-refractivity contribution is 5.47. The van der Waals surface area contributed by atoms with E-state index in [-0.39, 0.29) is 0 Å². The number of nitrogens with zero attached hydrogens (tertiary/aromatic N) is 4. The normalized spacial score (nSPS) is 16.3. The third-order valence-electron chi connectivity index (χ3n) is 5.55. The molecule has 1 aliphatic rings. The number of aromatic nitrogens is 2. The Morgan fingerprint density at radius 1 is 1.20 bits per heavy atom. The van der Waals surface area contributed by atoms with Crippen LogP contribution in [-0.4, -0.2) is 48.1 Å². The van der Waals surface area contributed by atoms with Crippen molar-refractivity contribution in [2.75, 3.05) is 38.1 Å². The molecular formula is C21H38N4. The molecule has 0 saturated carbocycles. The maximum absolute atomic E-state index is 4.49. The van der Waals surface area contributed by atoms with E-state index in [1.165, 1.54) is 57.2 Å². The van der Waals surface area contributed by atoms with Crippen molar-refractivity contribution in [1.82, 2.24) is 14.9 Å². The van der Waals surface area contributed by atoms with Crippen LogP contribution in [0.4, 0.5) is 5.82 Å². The molecule has 0 spiro atoms. The topological polar surface area (TPSA) is 32.3 Å². The molecule has 0 radical (unpaired) electrons. The van der Waals surface area contributed by atoms with Crippen LogP contribution in [0.15, 0.2) is 12.5 Å². The smallest absolute Gasteiger partial charge is 0.135 e. The molecule has 1 unspecified atom stereocenters. The predicted octanol–water partition coefficient (Wildman–Crippen LogP) is 4.40. The van der Waals surface area contributed by atoms with Gasteiger partial charge in [0.1, 0.15) is 12.1 Å². The van der Waals surface area contributed by atoms with Crippen LogP contribution in [0.5, 0.6) is 0 Å². The molecule has 1 aromatic rings. The fourth-order valence-electron chi connectivity index (χ4n) is 3.97. The number of anilines is 1. The maximum atomic E-state index is 4.49. The summed E-state index contributed by atoms with van der Waals surface area (Å²) in [6.07, 6.45) is 12.8. The molecule has 1 aliphatic heterocycles. The Balaban J connectivity index is 1.69. The summed E-state index contributed by atoms with van der Waals surface area (Å²) in [7, 11) is 2.31. The van der Waals surface area contributed by atoms with Crippen molar-refractivity contribution in [3.05, 3.63) is 18.1 Å². The third-order valence-corrected chi connectivity index (χ3v) is 5.55. The van der Waals surface area contributed by atoms with E-state index in [1.807, 2.05) is 6.20 Å². The van der Waals surface area contributed by atoms with Crippen molar-refractivity contribution in [2.45, 2.75) is 65.7 Å². The molecule has 0 bridgehead atoms. The van der Waals surface area contributed by atoms with Crippen molar-refractivity contribution >= 4 is 5.82 Å². The summed E-state index contributed by atoms with van der Waals surface area (Å²) in [5.74, 6) is 2.87. The molecule has 0 N–H and O–H groups in total. The first kappa shape index (κ1) is 20.2. The van der Waals surface area contributed by atoms with Crippen LogP contribution >= 0.6 is 0 Å². The number of hydrogen-bond acceptors (Lipinski definition) is 4. The van der Waals surface area contributed by atoms with Crippen LogP contribution in [-0.2, 0) is 6.42 Å². The van der Waals surface area contributed by atoms with Gasteiger partial charge in [-0.25, -0.2) is 9.97 Å². The van der Waals surface area contributed by atoms with Crippen molar-refractivity contribution in [2.24, 2.45) is 11.8 Å². The van der Waals surface area contributed by atoms with Gasteiger partial charge in [-0.05, 0) is 51.1 Å². The first-order valence-corrected chi connectivity index (χ1v) is 10.4. The number of rotatable bonds is 12. The largest absolute Gasteiger partial charge is 0.356 e. The lowest BCUT2D eigenvalue weighted by Crippen LogP contribution is -2.48. The predicted molar refractivity (Wildman–Crippen MR) is 107 cm³/mol. The van der Waals surface area contributed by atoms with E-state index < -0.39 is 0 Å². The van der Waals surface area contributed by atoms with E-state index in [1.54, 1.807) is 6.33 Å². The van der Waals surface area contributed by atoms with Crippen molar-refractivity contribution < 1.29 is 0 Å². The van der Waals surface area contributed by atoms with Gasteiger partial charge in [-0.3, -0.25) is 0 Å². The Morgan fingerprint density at radius 2 is 2.00 bits per heavy atom. The van der Waals surface area contributed by atoms with Gasteiger partial charge >= 0.3 is 0 Å². The van der Waals surface area contributed by atoms with E-state index in [4.69, 9.17) is 0 Å². The Hall–Kier alpha value is -1.16. The SMILES string of the molecule is CCCCC(CCC)CN(C)CCC1CN(c2ncncc2CC)C1. The molecule has 1 aromatic heterocycles. The van der Waals surface area contributed by atoms with Crippen molar-refractivity contribution in [3.8, 4) is 0 Å². The third kappa shape index (κ3) is 6.25. The Bertz CT molecular complexity index is 485. The summed E-state index contributed by atoms with van der Waals surface area (Å²) < 4.78 is 0. The lowest BCUT2D eigenvalue weighted by molar-refractivity contribution is 0.229. The van der Waals surface area contributed by atoms with Crippen LogP contribution in [0.2, 0.25) is 0 Å². The molecule has 2 heterocycles. The van der Waals surface area contributed by atoms with Gasteiger partial charge in [-0.2, -0.15) is 0 Å².